The van der Waals surface area contributed by atoms with Gasteiger partial charge in [0, 0.05) is 28.7 Å². The van der Waals surface area contributed by atoms with Crippen molar-refractivity contribution in [2.75, 3.05) is 13.7 Å². The summed E-state index contributed by atoms with van der Waals surface area (Å²) in [5.41, 5.74) is 0.419. The maximum Gasteiger partial charge on any atom is 0.407 e. The topological polar surface area (TPSA) is 59.6 Å². The number of hydrogen-bond donors (Lipinski definition) is 2. The Morgan fingerprint density at radius 2 is 1.96 bits per heavy atom. The lowest BCUT2D eigenvalue weighted by Gasteiger charge is -2.32. The fourth-order valence-corrected chi connectivity index (χ4v) is 3.23. The van der Waals surface area contributed by atoms with Gasteiger partial charge in [0.25, 0.3) is 0 Å². The molecule has 1 unspecified atom stereocenters. The predicted molar refractivity (Wildman–Crippen MR) is 103 cm³/mol. The molecule has 1 atom stereocenters. The van der Waals surface area contributed by atoms with Gasteiger partial charge in [0.15, 0.2) is 0 Å². The number of ether oxygens (including phenoxy) is 2. The monoisotopic (exact) mass is 412 g/mol. The van der Waals surface area contributed by atoms with Crippen LogP contribution in [0.5, 0.6) is 5.75 Å². The molecule has 1 amide bonds. The minimum Gasteiger partial charge on any atom is -0.496 e. The largest absolute Gasteiger partial charge is 0.496 e. The van der Waals surface area contributed by atoms with E-state index in [4.69, 9.17) is 9.47 Å². The summed E-state index contributed by atoms with van der Waals surface area (Å²) in [7, 11) is 1.68. The third kappa shape index (κ3) is 6.19. The van der Waals surface area contributed by atoms with E-state index in [-0.39, 0.29) is 11.6 Å². The van der Waals surface area contributed by atoms with E-state index in [0.717, 1.165) is 15.8 Å². The van der Waals surface area contributed by atoms with Gasteiger partial charge in [0.1, 0.15) is 11.4 Å². The number of nitrogens with one attached hydrogen (secondary N) is 2. The quantitative estimate of drug-likeness (QED) is 0.702. The fraction of sp³-hybridized carbons (Fsp3) is 0.632. The van der Waals surface area contributed by atoms with Crippen molar-refractivity contribution in [3.63, 3.8) is 0 Å². The molecule has 0 heterocycles. The molecule has 0 aliphatic heterocycles. The molecular formula is C19H29BrN2O3. The molecule has 2 rings (SSSR count). The number of hydrogen-bond acceptors (Lipinski definition) is 4. The van der Waals surface area contributed by atoms with Gasteiger partial charge in [0.2, 0.25) is 0 Å². The molecule has 1 saturated carbocycles. The summed E-state index contributed by atoms with van der Waals surface area (Å²) >= 11 is 3.51. The number of methoxy groups -OCH3 is 1. The maximum absolute atomic E-state index is 12.0. The summed E-state index contributed by atoms with van der Waals surface area (Å²) < 4.78 is 11.8. The smallest absolute Gasteiger partial charge is 0.407 e. The maximum atomic E-state index is 12.0. The first-order chi connectivity index (χ1) is 11.6. The van der Waals surface area contributed by atoms with E-state index in [1.807, 2.05) is 32.9 Å². The molecule has 2 N–H and O–H groups in total. The third-order valence-electron chi connectivity index (χ3n) is 4.40. The van der Waals surface area contributed by atoms with Crippen molar-refractivity contribution in [3.8, 4) is 5.75 Å². The summed E-state index contributed by atoms with van der Waals surface area (Å²) in [6.07, 6.45) is 1.98. The standard InChI is InChI=1S/C19H29BrN2O3/c1-18(2,3)25-17(23)21-12-19(4,14-6-7-14)22-11-13-10-15(20)8-9-16(13)24-5/h8-10,14,22H,6-7,11-12H2,1-5H3,(H,21,23). The van der Waals surface area contributed by atoms with Crippen LogP contribution < -0.4 is 15.4 Å². The number of carbonyl (C=O) groups excluding carboxylic acids is 1. The van der Waals surface area contributed by atoms with Gasteiger partial charge < -0.3 is 20.1 Å². The second-order valence-corrected chi connectivity index (χ2v) is 8.77. The van der Waals surface area contributed by atoms with E-state index >= 15 is 0 Å². The van der Waals surface area contributed by atoms with Gasteiger partial charge in [-0.3, -0.25) is 0 Å². The third-order valence-corrected chi connectivity index (χ3v) is 4.90. The van der Waals surface area contributed by atoms with Crippen LogP contribution in [0.4, 0.5) is 4.79 Å². The molecule has 0 bridgehead atoms. The van der Waals surface area contributed by atoms with Gasteiger partial charge in [-0.25, -0.2) is 4.79 Å². The second-order valence-electron chi connectivity index (χ2n) is 7.86. The lowest BCUT2D eigenvalue weighted by Crippen LogP contribution is -2.53. The van der Waals surface area contributed by atoms with Crippen molar-refractivity contribution < 1.29 is 14.3 Å². The number of halogens is 1. The van der Waals surface area contributed by atoms with Gasteiger partial charge in [-0.15, -0.1) is 0 Å². The lowest BCUT2D eigenvalue weighted by molar-refractivity contribution is 0.0507. The summed E-state index contributed by atoms with van der Waals surface area (Å²) in [4.78, 5) is 12.0. The van der Waals surface area contributed by atoms with Gasteiger partial charge in [-0.1, -0.05) is 15.9 Å². The average molecular weight is 413 g/mol. The molecule has 1 aromatic rings. The molecule has 140 valence electrons. The van der Waals surface area contributed by atoms with Crippen molar-refractivity contribution >= 4 is 22.0 Å². The summed E-state index contributed by atoms with van der Waals surface area (Å²) in [6, 6.07) is 5.97. The van der Waals surface area contributed by atoms with E-state index in [0.29, 0.717) is 19.0 Å². The number of rotatable bonds is 7. The zero-order valence-corrected chi connectivity index (χ0v) is 17.3. The number of carbonyl (C=O) groups is 1. The Hall–Kier alpha value is -1.27. The van der Waals surface area contributed by atoms with Crippen LogP contribution in [0.2, 0.25) is 0 Å². The highest BCUT2D eigenvalue weighted by Crippen LogP contribution is 2.39. The molecule has 0 saturated heterocycles. The van der Waals surface area contributed by atoms with E-state index in [2.05, 4.69) is 39.6 Å². The molecule has 0 radical (unpaired) electrons. The zero-order chi connectivity index (χ0) is 18.7. The normalized spacial score (nSPS) is 16.9. The molecule has 25 heavy (non-hydrogen) atoms. The van der Waals surface area contributed by atoms with Crippen molar-refractivity contribution in [1.29, 1.82) is 0 Å². The Kier molecular flexibility index (Phi) is 6.38. The molecule has 0 aromatic heterocycles. The zero-order valence-electron chi connectivity index (χ0n) is 15.7. The molecule has 5 nitrogen and oxygen atoms in total. The Morgan fingerprint density at radius 3 is 2.52 bits per heavy atom. The SMILES string of the molecule is COc1ccc(Br)cc1CNC(C)(CNC(=O)OC(C)(C)C)C1CC1. The predicted octanol–water partition coefficient (Wildman–Crippen LogP) is 4.24. The Bertz CT molecular complexity index is 611. The molecule has 1 aliphatic carbocycles. The first-order valence-electron chi connectivity index (χ1n) is 8.67. The fourth-order valence-electron chi connectivity index (χ4n) is 2.82. The van der Waals surface area contributed by atoms with Crippen LogP contribution in [0.25, 0.3) is 0 Å². The van der Waals surface area contributed by atoms with Crippen molar-refractivity contribution in [1.82, 2.24) is 10.6 Å². The molecule has 6 heteroatoms. The Labute approximate surface area is 159 Å². The summed E-state index contributed by atoms with van der Waals surface area (Å²) in [6.45, 7) is 8.96. The van der Waals surface area contributed by atoms with Crippen molar-refractivity contribution in [2.24, 2.45) is 5.92 Å². The van der Waals surface area contributed by atoms with E-state index in [1.54, 1.807) is 7.11 Å². The van der Waals surface area contributed by atoms with Crippen molar-refractivity contribution in [3.05, 3.63) is 28.2 Å². The highest BCUT2D eigenvalue weighted by molar-refractivity contribution is 9.10. The molecular weight excluding hydrogens is 384 g/mol. The number of benzene rings is 1. The van der Waals surface area contributed by atoms with Crippen LogP contribution in [0.3, 0.4) is 0 Å². The minimum atomic E-state index is -0.489. The van der Waals surface area contributed by atoms with Crippen molar-refractivity contribution in [2.45, 2.75) is 58.2 Å². The van der Waals surface area contributed by atoms with Gasteiger partial charge in [-0.2, -0.15) is 0 Å². The van der Waals surface area contributed by atoms with Gasteiger partial charge in [-0.05, 0) is 64.7 Å². The van der Waals surface area contributed by atoms with Crippen LogP contribution in [-0.4, -0.2) is 30.9 Å². The van der Waals surface area contributed by atoms with Crippen LogP contribution in [0.1, 0.15) is 46.1 Å². The molecule has 1 aromatic carbocycles. The second kappa shape index (κ2) is 7.96. The van der Waals surface area contributed by atoms with Crippen LogP contribution >= 0.6 is 15.9 Å². The van der Waals surface area contributed by atoms with Crippen LogP contribution in [0, 0.1) is 5.92 Å². The molecule has 0 spiro atoms. The average Bonchev–Trinajstić information content (AvgIpc) is 3.35. The highest BCUT2D eigenvalue weighted by Gasteiger charge is 2.41. The first kappa shape index (κ1) is 20.0. The van der Waals surface area contributed by atoms with E-state index in [1.165, 1.54) is 12.8 Å². The summed E-state index contributed by atoms with van der Waals surface area (Å²) in [5, 5.41) is 6.54. The molecule has 1 aliphatic rings. The van der Waals surface area contributed by atoms with Crippen LogP contribution in [-0.2, 0) is 11.3 Å². The highest BCUT2D eigenvalue weighted by atomic mass is 79.9. The number of alkyl carbamates (subject to hydrolysis) is 1. The minimum absolute atomic E-state index is 0.176. The summed E-state index contributed by atoms with van der Waals surface area (Å²) in [5.74, 6) is 1.41. The number of amides is 1. The lowest BCUT2D eigenvalue weighted by atomic mass is 9.95. The van der Waals surface area contributed by atoms with Gasteiger partial charge in [0.05, 0.1) is 7.11 Å². The Morgan fingerprint density at radius 1 is 1.28 bits per heavy atom. The molecule has 1 fully saturated rings. The van der Waals surface area contributed by atoms with E-state index < -0.39 is 5.60 Å². The van der Waals surface area contributed by atoms with Gasteiger partial charge >= 0.3 is 6.09 Å². The Balaban J connectivity index is 1.98. The van der Waals surface area contributed by atoms with Crippen LogP contribution in [0.15, 0.2) is 22.7 Å². The first-order valence-corrected chi connectivity index (χ1v) is 9.46. The van der Waals surface area contributed by atoms with E-state index in [9.17, 15) is 4.79 Å².